The van der Waals surface area contributed by atoms with Crippen molar-refractivity contribution in [3.05, 3.63) is 23.3 Å². The Morgan fingerprint density at radius 1 is 1.28 bits per heavy atom. The minimum Gasteiger partial charge on any atom is -0.504 e. The molecular formula is C12H14O6. The maximum Gasteiger partial charge on any atom is 0.339 e. The van der Waals surface area contributed by atoms with Gasteiger partial charge in [-0.1, -0.05) is 0 Å². The van der Waals surface area contributed by atoms with E-state index in [2.05, 4.69) is 0 Å². The Morgan fingerprint density at radius 2 is 1.94 bits per heavy atom. The topological polar surface area (TPSA) is 104 Å². The number of carbonyl (C=O) groups is 2. The second-order valence-corrected chi connectivity index (χ2v) is 3.75. The number of benzene rings is 1. The first-order valence-corrected chi connectivity index (χ1v) is 5.30. The van der Waals surface area contributed by atoms with Gasteiger partial charge in [0.05, 0.1) is 7.11 Å². The van der Waals surface area contributed by atoms with E-state index in [1.165, 1.54) is 19.2 Å². The van der Waals surface area contributed by atoms with Gasteiger partial charge in [-0.3, -0.25) is 4.79 Å². The summed E-state index contributed by atoms with van der Waals surface area (Å²) in [4.78, 5) is 21.3. The third-order valence-electron chi connectivity index (χ3n) is 2.44. The summed E-state index contributed by atoms with van der Waals surface area (Å²) < 4.78 is 4.87. The molecule has 0 saturated heterocycles. The van der Waals surface area contributed by atoms with Crippen LogP contribution < -0.4 is 4.74 Å². The molecule has 3 N–H and O–H groups in total. The molecule has 0 radical (unpaired) electrons. The number of carboxylic acid groups (broad SMARTS) is 2. The van der Waals surface area contributed by atoms with Gasteiger partial charge in [-0.25, -0.2) is 4.79 Å². The Hall–Kier alpha value is -2.24. The van der Waals surface area contributed by atoms with Crippen LogP contribution in [0.3, 0.4) is 0 Å². The molecule has 0 spiro atoms. The minimum absolute atomic E-state index is 0.00555. The van der Waals surface area contributed by atoms with Crippen LogP contribution in [0.5, 0.6) is 11.5 Å². The number of aromatic carboxylic acids is 1. The second kappa shape index (κ2) is 5.90. The monoisotopic (exact) mass is 254 g/mol. The lowest BCUT2D eigenvalue weighted by atomic mass is 10.0. The summed E-state index contributed by atoms with van der Waals surface area (Å²) in [5.74, 6) is -2.52. The lowest BCUT2D eigenvalue weighted by Gasteiger charge is -2.09. The van der Waals surface area contributed by atoms with Gasteiger partial charge in [0.1, 0.15) is 5.56 Å². The van der Waals surface area contributed by atoms with Crippen LogP contribution >= 0.6 is 0 Å². The Labute approximate surface area is 103 Å². The van der Waals surface area contributed by atoms with E-state index in [1.54, 1.807) is 0 Å². The lowest BCUT2D eigenvalue weighted by Crippen LogP contribution is -2.02. The second-order valence-electron chi connectivity index (χ2n) is 3.75. The van der Waals surface area contributed by atoms with Gasteiger partial charge in [0, 0.05) is 6.42 Å². The van der Waals surface area contributed by atoms with E-state index in [0.29, 0.717) is 18.4 Å². The Bertz CT molecular complexity index is 466. The third kappa shape index (κ3) is 3.38. The molecule has 0 aliphatic rings. The molecule has 1 aromatic carbocycles. The average molecular weight is 254 g/mol. The molecule has 0 atom stereocenters. The van der Waals surface area contributed by atoms with Crippen LogP contribution in [-0.2, 0) is 11.2 Å². The molecule has 0 aliphatic heterocycles. The van der Waals surface area contributed by atoms with Crippen molar-refractivity contribution in [3.63, 3.8) is 0 Å². The van der Waals surface area contributed by atoms with Gasteiger partial charge in [-0.2, -0.15) is 0 Å². The van der Waals surface area contributed by atoms with E-state index in [9.17, 15) is 14.7 Å². The average Bonchev–Trinajstić information content (AvgIpc) is 2.30. The van der Waals surface area contributed by atoms with Gasteiger partial charge in [0.25, 0.3) is 0 Å². The van der Waals surface area contributed by atoms with Crippen LogP contribution in [0.4, 0.5) is 0 Å². The van der Waals surface area contributed by atoms with Crippen LogP contribution in [0.2, 0.25) is 0 Å². The van der Waals surface area contributed by atoms with Gasteiger partial charge in [-0.15, -0.1) is 0 Å². The first kappa shape index (κ1) is 13.8. The molecule has 0 bridgehead atoms. The predicted molar refractivity (Wildman–Crippen MR) is 62.2 cm³/mol. The van der Waals surface area contributed by atoms with E-state index in [4.69, 9.17) is 14.9 Å². The summed E-state index contributed by atoms with van der Waals surface area (Å²) in [5, 5.41) is 27.0. The van der Waals surface area contributed by atoms with E-state index >= 15 is 0 Å². The maximum atomic E-state index is 10.9. The molecule has 0 amide bonds. The summed E-state index contributed by atoms with van der Waals surface area (Å²) >= 11 is 0. The van der Waals surface area contributed by atoms with Crippen molar-refractivity contribution in [1.82, 2.24) is 0 Å². The maximum absolute atomic E-state index is 10.9. The van der Waals surface area contributed by atoms with Crippen molar-refractivity contribution in [2.75, 3.05) is 7.11 Å². The number of aromatic hydroxyl groups is 1. The van der Waals surface area contributed by atoms with Gasteiger partial charge < -0.3 is 20.1 Å². The van der Waals surface area contributed by atoms with Gasteiger partial charge >= 0.3 is 11.9 Å². The summed E-state index contributed by atoms with van der Waals surface area (Å²) in [6, 6.07) is 2.83. The number of phenols is 1. The van der Waals surface area contributed by atoms with Crippen molar-refractivity contribution in [1.29, 1.82) is 0 Å². The molecule has 6 nitrogen and oxygen atoms in total. The van der Waals surface area contributed by atoms with Crippen LogP contribution in [0.15, 0.2) is 12.1 Å². The van der Waals surface area contributed by atoms with Crippen molar-refractivity contribution >= 4 is 11.9 Å². The highest BCUT2D eigenvalue weighted by atomic mass is 16.5. The van der Waals surface area contributed by atoms with E-state index in [0.717, 1.165) is 0 Å². The highest BCUT2D eigenvalue weighted by Gasteiger charge is 2.16. The fourth-order valence-corrected chi connectivity index (χ4v) is 1.57. The highest BCUT2D eigenvalue weighted by Crippen LogP contribution is 2.31. The number of methoxy groups -OCH3 is 1. The molecular weight excluding hydrogens is 240 g/mol. The first-order valence-electron chi connectivity index (χ1n) is 5.30. The van der Waals surface area contributed by atoms with Crippen molar-refractivity contribution in [2.45, 2.75) is 19.3 Å². The normalized spacial score (nSPS) is 10.1. The number of aryl methyl sites for hydroxylation is 1. The number of hydrogen-bond donors (Lipinski definition) is 3. The molecule has 18 heavy (non-hydrogen) atoms. The van der Waals surface area contributed by atoms with Crippen LogP contribution in [-0.4, -0.2) is 34.4 Å². The molecule has 0 aromatic heterocycles. The van der Waals surface area contributed by atoms with Gasteiger partial charge in [0.15, 0.2) is 11.5 Å². The number of ether oxygens (including phenoxy) is 1. The molecule has 0 heterocycles. The zero-order valence-electron chi connectivity index (χ0n) is 9.84. The predicted octanol–water partition coefficient (Wildman–Crippen LogP) is 1.51. The van der Waals surface area contributed by atoms with Gasteiger partial charge in [0.2, 0.25) is 0 Å². The molecule has 0 fully saturated rings. The summed E-state index contributed by atoms with van der Waals surface area (Å²) in [6.45, 7) is 0. The number of carboxylic acids is 2. The van der Waals surface area contributed by atoms with E-state index in [1.807, 2.05) is 0 Å². The van der Waals surface area contributed by atoms with Crippen molar-refractivity contribution < 1.29 is 29.6 Å². The van der Waals surface area contributed by atoms with Crippen LogP contribution in [0, 0.1) is 0 Å². The Morgan fingerprint density at radius 3 is 2.44 bits per heavy atom. The van der Waals surface area contributed by atoms with E-state index in [-0.39, 0.29) is 17.7 Å². The zero-order valence-corrected chi connectivity index (χ0v) is 9.84. The van der Waals surface area contributed by atoms with Crippen LogP contribution in [0.25, 0.3) is 0 Å². The molecule has 1 rings (SSSR count). The first-order chi connectivity index (χ1) is 8.45. The Balaban J connectivity index is 2.95. The third-order valence-corrected chi connectivity index (χ3v) is 2.44. The molecule has 98 valence electrons. The molecule has 0 saturated carbocycles. The fourth-order valence-electron chi connectivity index (χ4n) is 1.57. The standard InChI is InChI=1S/C12H14O6/c1-18-9-6-7(3-2-4-10(13)14)5-8(11(9)15)12(16)17/h5-6,15H,2-4H2,1H3,(H,13,14)(H,16,17). The molecule has 1 aromatic rings. The van der Waals surface area contributed by atoms with Crippen molar-refractivity contribution in [2.24, 2.45) is 0 Å². The quantitative estimate of drug-likeness (QED) is 0.710. The number of aliphatic carboxylic acids is 1. The van der Waals surface area contributed by atoms with Crippen LogP contribution in [0.1, 0.15) is 28.8 Å². The lowest BCUT2D eigenvalue weighted by molar-refractivity contribution is -0.137. The minimum atomic E-state index is -1.26. The summed E-state index contributed by atoms with van der Waals surface area (Å²) in [7, 11) is 1.32. The Kier molecular flexibility index (Phi) is 4.53. The molecule has 0 aliphatic carbocycles. The van der Waals surface area contributed by atoms with Crippen molar-refractivity contribution in [3.8, 4) is 11.5 Å². The number of rotatable bonds is 6. The number of hydrogen-bond acceptors (Lipinski definition) is 4. The largest absolute Gasteiger partial charge is 0.504 e. The van der Waals surface area contributed by atoms with E-state index < -0.39 is 17.7 Å². The summed E-state index contributed by atoms with van der Waals surface area (Å²) in [5.41, 5.74) is 0.364. The zero-order chi connectivity index (χ0) is 13.7. The SMILES string of the molecule is COc1cc(CCCC(=O)O)cc(C(=O)O)c1O. The molecule has 0 unspecified atom stereocenters. The highest BCUT2D eigenvalue weighted by molar-refractivity contribution is 5.92. The fraction of sp³-hybridized carbons (Fsp3) is 0.333. The molecule has 6 heteroatoms. The summed E-state index contributed by atoms with van der Waals surface area (Å²) in [6.07, 6.45) is 0.803. The smallest absolute Gasteiger partial charge is 0.339 e. The van der Waals surface area contributed by atoms with Gasteiger partial charge in [-0.05, 0) is 30.5 Å².